The number of carbonyl (C=O) groups excluding carboxylic acids is 2. The van der Waals surface area contributed by atoms with Crippen molar-refractivity contribution in [3.63, 3.8) is 0 Å². The van der Waals surface area contributed by atoms with Crippen molar-refractivity contribution in [3.05, 3.63) is 24.3 Å². The van der Waals surface area contributed by atoms with Crippen LogP contribution >= 0.6 is 0 Å². The van der Waals surface area contributed by atoms with E-state index in [9.17, 15) is 9.59 Å². The second kappa shape index (κ2) is 6.63. The maximum absolute atomic E-state index is 12.1. The molecular weight excluding hydrogens is 246 g/mol. The summed E-state index contributed by atoms with van der Waals surface area (Å²) in [4.78, 5) is 23.3. The van der Waals surface area contributed by atoms with Crippen LogP contribution in [0.5, 0.6) is 0 Å². The molecule has 0 aliphatic carbocycles. The SMILES string of the molecule is COC(=O)N[C@H](C(=O)Nc1cccc(N)c1)C(C)C. The molecule has 2 amide bonds. The molecule has 0 fully saturated rings. The summed E-state index contributed by atoms with van der Waals surface area (Å²) in [6.45, 7) is 3.67. The Morgan fingerprint density at radius 3 is 2.53 bits per heavy atom. The highest BCUT2D eigenvalue weighted by Gasteiger charge is 2.24. The van der Waals surface area contributed by atoms with Gasteiger partial charge in [0.1, 0.15) is 6.04 Å². The molecule has 0 bridgehead atoms. The Morgan fingerprint density at radius 1 is 1.32 bits per heavy atom. The Hall–Kier alpha value is -2.24. The number of alkyl carbamates (subject to hydrolysis) is 1. The predicted molar refractivity (Wildman–Crippen MR) is 73.7 cm³/mol. The first-order chi connectivity index (χ1) is 8.93. The molecule has 0 heterocycles. The summed E-state index contributed by atoms with van der Waals surface area (Å²) in [5, 5.41) is 5.20. The Kier molecular flexibility index (Phi) is 5.17. The molecule has 0 aromatic heterocycles. The van der Waals surface area contributed by atoms with E-state index in [1.807, 2.05) is 13.8 Å². The molecule has 104 valence electrons. The summed E-state index contributed by atoms with van der Waals surface area (Å²) >= 11 is 0. The highest BCUT2D eigenvalue weighted by Crippen LogP contribution is 2.13. The molecule has 1 aromatic carbocycles. The zero-order chi connectivity index (χ0) is 14.4. The van der Waals surface area contributed by atoms with Gasteiger partial charge in [0, 0.05) is 11.4 Å². The second-order valence-corrected chi connectivity index (χ2v) is 4.47. The number of benzene rings is 1. The van der Waals surface area contributed by atoms with E-state index in [2.05, 4.69) is 15.4 Å². The molecule has 0 saturated heterocycles. The Labute approximate surface area is 112 Å². The molecule has 0 spiro atoms. The highest BCUT2D eigenvalue weighted by atomic mass is 16.5. The maximum Gasteiger partial charge on any atom is 0.407 e. The van der Waals surface area contributed by atoms with Crippen molar-refractivity contribution >= 4 is 23.4 Å². The number of hydrogen-bond donors (Lipinski definition) is 3. The van der Waals surface area contributed by atoms with Gasteiger partial charge < -0.3 is 21.1 Å². The number of anilines is 2. The topological polar surface area (TPSA) is 93.4 Å². The fourth-order valence-corrected chi connectivity index (χ4v) is 1.56. The van der Waals surface area contributed by atoms with Crippen molar-refractivity contribution in [2.75, 3.05) is 18.2 Å². The standard InChI is InChI=1S/C13H19N3O3/c1-8(2)11(16-13(18)19-3)12(17)15-10-6-4-5-9(14)7-10/h4-8,11H,14H2,1-3H3,(H,15,17)(H,16,18)/t11-/m0/s1. The van der Waals surface area contributed by atoms with Gasteiger partial charge in [-0.1, -0.05) is 19.9 Å². The van der Waals surface area contributed by atoms with E-state index in [0.29, 0.717) is 11.4 Å². The van der Waals surface area contributed by atoms with Crippen LogP contribution in [0.25, 0.3) is 0 Å². The fourth-order valence-electron chi connectivity index (χ4n) is 1.56. The molecule has 6 heteroatoms. The Morgan fingerprint density at radius 2 is 2.00 bits per heavy atom. The lowest BCUT2D eigenvalue weighted by atomic mass is 10.0. The number of hydrogen-bond acceptors (Lipinski definition) is 4. The van der Waals surface area contributed by atoms with Gasteiger partial charge in [-0.05, 0) is 24.1 Å². The Bertz CT molecular complexity index is 460. The monoisotopic (exact) mass is 265 g/mol. The van der Waals surface area contributed by atoms with Crippen LogP contribution in [0.1, 0.15) is 13.8 Å². The van der Waals surface area contributed by atoms with Crippen LogP contribution in [0.15, 0.2) is 24.3 Å². The smallest absolute Gasteiger partial charge is 0.407 e. The van der Waals surface area contributed by atoms with Gasteiger partial charge in [0.15, 0.2) is 0 Å². The van der Waals surface area contributed by atoms with Gasteiger partial charge in [0.25, 0.3) is 0 Å². The molecule has 0 aliphatic rings. The van der Waals surface area contributed by atoms with Gasteiger partial charge in [-0.2, -0.15) is 0 Å². The van der Waals surface area contributed by atoms with Gasteiger partial charge in [0.2, 0.25) is 5.91 Å². The minimum Gasteiger partial charge on any atom is -0.453 e. The number of rotatable bonds is 4. The van der Waals surface area contributed by atoms with Gasteiger partial charge in [-0.3, -0.25) is 4.79 Å². The van der Waals surface area contributed by atoms with Gasteiger partial charge in [0.05, 0.1) is 7.11 Å². The minimum absolute atomic E-state index is 0.0693. The lowest BCUT2D eigenvalue weighted by Crippen LogP contribution is -2.47. The average molecular weight is 265 g/mol. The maximum atomic E-state index is 12.1. The predicted octanol–water partition coefficient (Wildman–Crippen LogP) is 1.59. The number of ether oxygens (including phenoxy) is 1. The van der Waals surface area contributed by atoms with E-state index in [4.69, 9.17) is 5.73 Å². The highest BCUT2D eigenvalue weighted by molar-refractivity contribution is 5.97. The summed E-state index contributed by atoms with van der Waals surface area (Å²) < 4.78 is 4.50. The Balaban J connectivity index is 2.75. The van der Waals surface area contributed by atoms with E-state index in [1.165, 1.54) is 7.11 Å². The summed E-state index contributed by atoms with van der Waals surface area (Å²) in [6, 6.07) is 6.16. The van der Waals surface area contributed by atoms with Crippen LogP contribution in [0.2, 0.25) is 0 Å². The van der Waals surface area contributed by atoms with Crippen LogP contribution in [0.3, 0.4) is 0 Å². The number of nitrogens with one attached hydrogen (secondary N) is 2. The van der Waals surface area contributed by atoms with Gasteiger partial charge in [-0.15, -0.1) is 0 Å². The van der Waals surface area contributed by atoms with Crippen LogP contribution in [-0.2, 0) is 9.53 Å². The van der Waals surface area contributed by atoms with Crippen LogP contribution in [-0.4, -0.2) is 25.2 Å². The normalized spacial score (nSPS) is 11.8. The first-order valence-electron chi connectivity index (χ1n) is 5.95. The molecule has 0 saturated carbocycles. The first kappa shape index (κ1) is 14.8. The number of nitrogens with two attached hydrogens (primary N) is 1. The zero-order valence-electron chi connectivity index (χ0n) is 11.3. The van der Waals surface area contributed by atoms with E-state index in [1.54, 1.807) is 24.3 Å². The van der Waals surface area contributed by atoms with Gasteiger partial charge >= 0.3 is 6.09 Å². The number of methoxy groups -OCH3 is 1. The third kappa shape index (κ3) is 4.50. The van der Waals surface area contributed by atoms with Crippen molar-refractivity contribution in [3.8, 4) is 0 Å². The molecule has 0 radical (unpaired) electrons. The number of carbonyl (C=O) groups is 2. The van der Waals surface area contributed by atoms with E-state index >= 15 is 0 Å². The molecule has 1 aromatic rings. The summed E-state index contributed by atoms with van der Waals surface area (Å²) in [6.07, 6.45) is -0.638. The fraction of sp³-hybridized carbons (Fsp3) is 0.385. The van der Waals surface area contributed by atoms with Crippen molar-refractivity contribution < 1.29 is 14.3 Å². The lowest BCUT2D eigenvalue weighted by Gasteiger charge is -2.21. The summed E-state index contributed by atoms with van der Waals surface area (Å²) in [7, 11) is 1.25. The zero-order valence-corrected chi connectivity index (χ0v) is 11.3. The number of amides is 2. The van der Waals surface area contributed by atoms with E-state index in [-0.39, 0.29) is 11.8 Å². The van der Waals surface area contributed by atoms with Crippen LogP contribution in [0.4, 0.5) is 16.2 Å². The lowest BCUT2D eigenvalue weighted by molar-refractivity contribution is -0.119. The molecule has 0 aliphatic heterocycles. The van der Waals surface area contributed by atoms with E-state index in [0.717, 1.165) is 0 Å². The quantitative estimate of drug-likeness (QED) is 0.721. The van der Waals surface area contributed by atoms with Crippen LogP contribution in [0, 0.1) is 5.92 Å². The molecule has 1 atom stereocenters. The van der Waals surface area contributed by atoms with Crippen molar-refractivity contribution in [1.29, 1.82) is 0 Å². The largest absolute Gasteiger partial charge is 0.453 e. The van der Waals surface area contributed by atoms with Crippen molar-refractivity contribution in [2.24, 2.45) is 5.92 Å². The van der Waals surface area contributed by atoms with Crippen molar-refractivity contribution in [2.45, 2.75) is 19.9 Å². The summed E-state index contributed by atoms with van der Waals surface area (Å²) in [5.41, 5.74) is 6.77. The molecule has 6 nitrogen and oxygen atoms in total. The molecule has 19 heavy (non-hydrogen) atoms. The summed E-state index contributed by atoms with van der Waals surface area (Å²) in [5.74, 6) is -0.383. The minimum atomic E-state index is -0.672. The first-order valence-corrected chi connectivity index (χ1v) is 5.95. The third-order valence-electron chi connectivity index (χ3n) is 2.56. The van der Waals surface area contributed by atoms with E-state index < -0.39 is 12.1 Å². The molecule has 1 rings (SSSR count). The molecule has 0 unspecified atom stereocenters. The molecule has 4 N–H and O–H groups in total. The van der Waals surface area contributed by atoms with Gasteiger partial charge in [-0.25, -0.2) is 4.79 Å². The third-order valence-corrected chi connectivity index (χ3v) is 2.56. The number of nitrogen functional groups attached to an aromatic ring is 1. The second-order valence-electron chi connectivity index (χ2n) is 4.47. The van der Waals surface area contributed by atoms with Crippen LogP contribution < -0.4 is 16.4 Å². The molecular formula is C13H19N3O3. The van der Waals surface area contributed by atoms with Crippen molar-refractivity contribution in [1.82, 2.24) is 5.32 Å². The average Bonchev–Trinajstić information content (AvgIpc) is 2.35.